The maximum absolute atomic E-state index is 12.9. The summed E-state index contributed by atoms with van der Waals surface area (Å²) in [5, 5.41) is 3.08. The zero-order chi connectivity index (χ0) is 13.0. The number of nitrogens with zero attached hydrogens (tertiary/aromatic N) is 1. The Labute approximate surface area is 105 Å². The lowest BCUT2D eigenvalue weighted by molar-refractivity contribution is 0.628. The lowest BCUT2D eigenvalue weighted by Gasteiger charge is -2.08. The molecule has 0 aliphatic carbocycles. The van der Waals surface area contributed by atoms with Crippen LogP contribution in [0.2, 0.25) is 0 Å². The van der Waals surface area contributed by atoms with Gasteiger partial charge in [-0.1, -0.05) is 6.07 Å². The first-order chi connectivity index (χ1) is 8.65. The number of benzene rings is 1. The van der Waals surface area contributed by atoms with Crippen molar-refractivity contribution in [3.8, 4) is 0 Å². The number of pyridine rings is 1. The number of hydrogen-bond acceptors (Lipinski definition) is 2. The van der Waals surface area contributed by atoms with E-state index in [-0.39, 0.29) is 11.4 Å². The molecular weight excluding hydrogens is 231 g/mol. The minimum Gasteiger partial charge on any atom is -0.383 e. The molecule has 2 rings (SSSR count). The van der Waals surface area contributed by atoms with Crippen LogP contribution in [0.15, 0.2) is 47.4 Å². The highest BCUT2D eigenvalue weighted by atomic mass is 19.1. The molecule has 0 amide bonds. The molecule has 1 heterocycles. The van der Waals surface area contributed by atoms with E-state index in [2.05, 4.69) is 5.32 Å². The highest BCUT2D eigenvalue weighted by Gasteiger charge is 1.97. The van der Waals surface area contributed by atoms with Crippen LogP contribution in [0.3, 0.4) is 0 Å². The fourth-order valence-electron chi connectivity index (χ4n) is 1.71. The Morgan fingerprint density at radius 1 is 1.28 bits per heavy atom. The van der Waals surface area contributed by atoms with Crippen molar-refractivity contribution in [2.75, 3.05) is 11.9 Å². The van der Waals surface area contributed by atoms with Gasteiger partial charge in [0, 0.05) is 31.0 Å². The molecule has 0 fully saturated rings. The molecule has 1 aromatic carbocycles. The van der Waals surface area contributed by atoms with Gasteiger partial charge in [-0.2, -0.15) is 0 Å². The third kappa shape index (κ3) is 3.20. The second-order valence-electron chi connectivity index (χ2n) is 4.17. The number of rotatable bonds is 4. The van der Waals surface area contributed by atoms with Gasteiger partial charge in [-0.25, -0.2) is 4.39 Å². The SMILES string of the molecule is Cc1ccn(CCNc2cccc(F)c2)c(=O)c1. The smallest absolute Gasteiger partial charge is 0.250 e. The number of nitrogens with one attached hydrogen (secondary N) is 1. The van der Waals surface area contributed by atoms with Crippen molar-refractivity contribution in [3.05, 3.63) is 64.3 Å². The van der Waals surface area contributed by atoms with Gasteiger partial charge < -0.3 is 9.88 Å². The third-order valence-electron chi connectivity index (χ3n) is 2.66. The van der Waals surface area contributed by atoms with Crippen molar-refractivity contribution in [2.24, 2.45) is 0 Å². The van der Waals surface area contributed by atoms with E-state index in [4.69, 9.17) is 0 Å². The standard InChI is InChI=1S/C14H15FN2O/c1-11-5-7-17(14(18)9-11)8-6-16-13-4-2-3-12(15)10-13/h2-5,7,9-10,16H,6,8H2,1H3. The van der Waals surface area contributed by atoms with E-state index in [1.54, 1.807) is 29.0 Å². The molecule has 0 atom stereocenters. The van der Waals surface area contributed by atoms with Gasteiger partial charge in [-0.05, 0) is 36.8 Å². The van der Waals surface area contributed by atoms with Gasteiger partial charge in [0.05, 0.1) is 0 Å². The summed E-state index contributed by atoms with van der Waals surface area (Å²) in [6.07, 6.45) is 1.77. The Hall–Kier alpha value is -2.10. The molecule has 0 radical (unpaired) electrons. The van der Waals surface area contributed by atoms with Crippen LogP contribution < -0.4 is 10.9 Å². The van der Waals surface area contributed by atoms with Crippen LogP contribution in [0.1, 0.15) is 5.56 Å². The Morgan fingerprint density at radius 2 is 2.11 bits per heavy atom. The average molecular weight is 246 g/mol. The zero-order valence-corrected chi connectivity index (χ0v) is 10.2. The quantitative estimate of drug-likeness (QED) is 0.898. The minimum atomic E-state index is -0.271. The monoisotopic (exact) mass is 246 g/mol. The fraction of sp³-hybridized carbons (Fsp3) is 0.214. The van der Waals surface area contributed by atoms with Gasteiger partial charge in [0.15, 0.2) is 0 Å². The summed E-state index contributed by atoms with van der Waals surface area (Å²) >= 11 is 0. The van der Waals surface area contributed by atoms with E-state index < -0.39 is 0 Å². The first-order valence-corrected chi connectivity index (χ1v) is 5.82. The van der Waals surface area contributed by atoms with Gasteiger partial charge in [-0.3, -0.25) is 4.79 Å². The van der Waals surface area contributed by atoms with Crippen LogP contribution in [-0.4, -0.2) is 11.1 Å². The van der Waals surface area contributed by atoms with Crippen LogP contribution in [0, 0.1) is 12.7 Å². The zero-order valence-electron chi connectivity index (χ0n) is 10.2. The molecule has 0 spiro atoms. The highest BCUT2D eigenvalue weighted by Crippen LogP contribution is 2.08. The largest absolute Gasteiger partial charge is 0.383 e. The molecule has 0 unspecified atom stereocenters. The van der Waals surface area contributed by atoms with Gasteiger partial charge >= 0.3 is 0 Å². The normalized spacial score (nSPS) is 10.3. The van der Waals surface area contributed by atoms with E-state index in [0.29, 0.717) is 13.1 Å². The summed E-state index contributed by atoms with van der Waals surface area (Å²) in [5.41, 5.74) is 1.65. The fourth-order valence-corrected chi connectivity index (χ4v) is 1.71. The Balaban J connectivity index is 1.94. The van der Waals surface area contributed by atoms with E-state index in [1.807, 2.05) is 13.0 Å². The molecule has 18 heavy (non-hydrogen) atoms. The summed E-state index contributed by atoms with van der Waals surface area (Å²) in [6.45, 7) is 3.01. The molecule has 3 nitrogen and oxygen atoms in total. The molecule has 2 aromatic rings. The number of aromatic nitrogens is 1. The first kappa shape index (κ1) is 12.4. The minimum absolute atomic E-state index is 0.0176. The van der Waals surface area contributed by atoms with E-state index in [0.717, 1.165) is 11.3 Å². The maximum Gasteiger partial charge on any atom is 0.250 e. The Morgan fingerprint density at radius 3 is 2.83 bits per heavy atom. The van der Waals surface area contributed by atoms with Crippen molar-refractivity contribution in [3.63, 3.8) is 0 Å². The third-order valence-corrected chi connectivity index (χ3v) is 2.66. The number of hydrogen-bond donors (Lipinski definition) is 1. The molecule has 94 valence electrons. The average Bonchev–Trinajstić information content (AvgIpc) is 2.32. The molecule has 0 bridgehead atoms. The lowest BCUT2D eigenvalue weighted by Crippen LogP contribution is -2.22. The van der Waals surface area contributed by atoms with Crippen molar-refractivity contribution in [1.29, 1.82) is 0 Å². The van der Waals surface area contributed by atoms with Crippen molar-refractivity contribution in [1.82, 2.24) is 4.57 Å². The molecule has 0 aliphatic heterocycles. The molecule has 4 heteroatoms. The van der Waals surface area contributed by atoms with Crippen LogP contribution >= 0.6 is 0 Å². The van der Waals surface area contributed by atoms with Crippen LogP contribution in [0.5, 0.6) is 0 Å². The summed E-state index contributed by atoms with van der Waals surface area (Å²) in [6, 6.07) is 9.76. The topological polar surface area (TPSA) is 34.0 Å². The van der Waals surface area contributed by atoms with Gasteiger partial charge in [0.25, 0.3) is 5.56 Å². The molecule has 0 saturated carbocycles. The number of anilines is 1. The summed E-state index contributed by atoms with van der Waals surface area (Å²) in [7, 11) is 0. The van der Waals surface area contributed by atoms with Crippen LogP contribution in [0.25, 0.3) is 0 Å². The lowest BCUT2D eigenvalue weighted by atomic mass is 10.3. The Bertz CT molecular complexity index is 592. The van der Waals surface area contributed by atoms with Crippen LogP contribution in [0.4, 0.5) is 10.1 Å². The van der Waals surface area contributed by atoms with Gasteiger partial charge in [-0.15, -0.1) is 0 Å². The summed E-state index contributed by atoms with van der Waals surface area (Å²) < 4.78 is 14.6. The molecule has 1 aromatic heterocycles. The van der Waals surface area contributed by atoms with E-state index in [9.17, 15) is 9.18 Å². The summed E-state index contributed by atoms with van der Waals surface area (Å²) in [4.78, 5) is 11.6. The first-order valence-electron chi connectivity index (χ1n) is 5.82. The van der Waals surface area contributed by atoms with Crippen molar-refractivity contribution < 1.29 is 4.39 Å². The van der Waals surface area contributed by atoms with E-state index in [1.165, 1.54) is 12.1 Å². The molecule has 0 saturated heterocycles. The second-order valence-corrected chi connectivity index (χ2v) is 4.17. The van der Waals surface area contributed by atoms with Crippen molar-refractivity contribution in [2.45, 2.75) is 13.5 Å². The van der Waals surface area contributed by atoms with Crippen molar-refractivity contribution >= 4 is 5.69 Å². The number of halogens is 1. The highest BCUT2D eigenvalue weighted by molar-refractivity contribution is 5.42. The predicted octanol–water partition coefficient (Wildman–Crippen LogP) is 2.41. The number of aryl methyl sites for hydroxylation is 1. The molecule has 1 N–H and O–H groups in total. The molecule has 0 aliphatic rings. The summed E-state index contributed by atoms with van der Waals surface area (Å²) in [5.74, 6) is -0.271. The van der Waals surface area contributed by atoms with Gasteiger partial charge in [0.1, 0.15) is 5.82 Å². The van der Waals surface area contributed by atoms with Crippen LogP contribution in [-0.2, 0) is 6.54 Å². The van der Waals surface area contributed by atoms with E-state index >= 15 is 0 Å². The second kappa shape index (κ2) is 5.49. The molecular formula is C14H15FN2O. The van der Waals surface area contributed by atoms with Gasteiger partial charge in [0.2, 0.25) is 0 Å². The predicted molar refractivity (Wildman–Crippen MR) is 70.3 cm³/mol. The maximum atomic E-state index is 12.9. The Kier molecular flexibility index (Phi) is 3.77.